The summed E-state index contributed by atoms with van der Waals surface area (Å²) in [4.78, 5) is 22.1. The highest BCUT2D eigenvalue weighted by atomic mass is 16.4. The molecule has 23 heavy (non-hydrogen) atoms. The zero-order valence-corrected chi connectivity index (χ0v) is 15.0. The van der Waals surface area contributed by atoms with Crippen LogP contribution >= 0.6 is 0 Å². The molecule has 4 heteroatoms. The molecule has 0 aliphatic heterocycles. The third-order valence-corrected chi connectivity index (χ3v) is 4.32. The van der Waals surface area contributed by atoms with E-state index in [4.69, 9.17) is 10.8 Å². The molecular weight excluding hydrogens is 290 g/mol. The van der Waals surface area contributed by atoms with Crippen LogP contribution in [-0.2, 0) is 9.59 Å². The van der Waals surface area contributed by atoms with Crippen molar-refractivity contribution in [3.8, 4) is 0 Å². The first-order valence-electron chi connectivity index (χ1n) is 9.58. The highest BCUT2D eigenvalue weighted by Crippen LogP contribution is 2.13. The van der Waals surface area contributed by atoms with Gasteiger partial charge in [0.2, 0.25) is 0 Å². The summed E-state index contributed by atoms with van der Waals surface area (Å²) in [6.07, 6.45) is 17.0. The Balaban J connectivity index is 3.21. The monoisotopic (exact) mass is 327 g/mol. The Morgan fingerprint density at radius 1 is 0.783 bits per heavy atom. The summed E-state index contributed by atoms with van der Waals surface area (Å²) in [7, 11) is 0. The smallest absolute Gasteiger partial charge is 0.320 e. The molecule has 0 fully saturated rings. The molecule has 0 radical (unpaired) electrons. The summed E-state index contributed by atoms with van der Waals surface area (Å²) in [5.41, 5.74) is 5.34. The second-order valence-corrected chi connectivity index (χ2v) is 6.68. The van der Waals surface area contributed by atoms with Crippen LogP contribution in [0.25, 0.3) is 0 Å². The van der Waals surface area contributed by atoms with Crippen LogP contribution < -0.4 is 5.73 Å². The number of nitrogens with two attached hydrogens (primary N) is 1. The van der Waals surface area contributed by atoms with Gasteiger partial charge in [-0.2, -0.15) is 0 Å². The molecular formula is C19H37NO3. The molecule has 136 valence electrons. The molecule has 1 atom stereocenters. The lowest BCUT2D eigenvalue weighted by Crippen LogP contribution is -2.32. The molecule has 0 aromatic rings. The number of carbonyl (C=O) groups excluding carboxylic acids is 1. The van der Waals surface area contributed by atoms with E-state index >= 15 is 0 Å². The zero-order chi connectivity index (χ0) is 17.3. The number of carboxylic acids is 1. The lowest BCUT2D eigenvalue weighted by molar-refractivity contribution is -0.140. The maximum Gasteiger partial charge on any atom is 0.320 e. The molecule has 0 aromatic carbocycles. The van der Waals surface area contributed by atoms with Gasteiger partial charge in [0.15, 0.2) is 0 Å². The third kappa shape index (κ3) is 15.8. The van der Waals surface area contributed by atoms with E-state index in [0.29, 0.717) is 6.42 Å². The number of hydrogen-bond acceptors (Lipinski definition) is 3. The number of rotatable bonds is 17. The molecule has 0 aromatic heterocycles. The minimum Gasteiger partial charge on any atom is -0.480 e. The van der Waals surface area contributed by atoms with Gasteiger partial charge in [0.25, 0.3) is 0 Å². The van der Waals surface area contributed by atoms with Gasteiger partial charge in [-0.25, -0.2) is 0 Å². The number of unbranched alkanes of at least 4 members (excludes halogenated alkanes) is 12. The Labute approximate surface area is 142 Å². The summed E-state index contributed by atoms with van der Waals surface area (Å²) in [5.74, 6) is -1.12. The molecule has 0 bridgehead atoms. The van der Waals surface area contributed by atoms with Crippen LogP contribution in [0.2, 0.25) is 0 Å². The van der Waals surface area contributed by atoms with Gasteiger partial charge in [0.05, 0.1) is 0 Å². The normalized spacial score (nSPS) is 12.3. The predicted octanol–water partition coefficient (Wildman–Crippen LogP) is 4.84. The van der Waals surface area contributed by atoms with Crippen LogP contribution in [0.15, 0.2) is 0 Å². The van der Waals surface area contributed by atoms with Crippen molar-refractivity contribution in [3.63, 3.8) is 0 Å². The maximum atomic E-state index is 11.5. The van der Waals surface area contributed by atoms with Crippen molar-refractivity contribution >= 4 is 11.8 Å². The fraction of sp³-hybridized carbons (Fsp3) is 0.895. The minimum absolute atomic E-state index is 0.0250. The number of Topliss-reactive ketones (excluding diaryl/α,β-unsaturated/α-hetero) is 1. The SMILES string of the molecule is CCCCCCCCCCCCCCCC(=O)C[C@H](N)C(=O)O. The molecule has 0 spiro atoms. The van der Waals surface area contributed by atoms with Gasteiger partial charge >= 0.3 is 5.97 Å². The number of ketones is 1. The fourth-order valence-electron chi connectivity index (χ4n) is 2.77. The van der Waals surface area contributed by atoms with E-state index in [1.807, 2.05) is 0 Å². The average molecular weight is 328 g/mol. The van der Waals surface area contributed by atoms with Gasteiger partial charge < -0.3 is 10.8 Å². The minimum atomic E-state index is -1.09. The van der Waals surface area contributed by atoms with Gasteiger partial charge in [-0.15, -0.1) is 0 Å². The first-order valence-corrected chi connectivity index (χ1v) is 9.58. The third-order valence-electron chi connectivity index (χ3n) is 4.32. The summed E-state index contributed by atoms with van der Waals surface area (Å²) in [6.45, 7) is 2.25. The molecule has 0 rings (SSSR count). The van der Waals surface area contributed by atoms with E-state index in [2.05, 4.69) is 6.92 Å². The highest BCUT2D eigenvalue weighted by Gasteiger charge is 2.15. The number of hydrogen-bond donors (Lipinski definition) is 2. The van der Waals surface area contributed by atoms with Crippen molar-refractivity contribution in [1.29, 1.82) is 0 Å². The number of aliphatic carboxylic acids is 1. The topological polar surface area (TPSA) is 80.4 Å². The Morgan fingerprint density at radius 3 is 1.57 bits per heavy atom. The molecule has 0 saturated carbocycles. The zero-order valence-electron chi connectivity index (χ0n) is 15.0. The summed E-state index contributed by atoms with van der Waals surface area (Å²) in [5, 5.41) is 8.64. The van der Waals surface area contributed by atoms with Crippen molar-refractivity contribution < 1.29 is 14.7 Å². The number of carbonyl (C=O) groups is 2. The second-order valence-electron chi connectivity index (χ2n) is 6.68. The quantitative estimate of drug-likeness (QED) is 0.375. The molecule has 0 aliphatic rings. The predicted molar refractivity (Wildman–Crippen MR) is 95.5 cm³/mol. The Kier molecular flexibility index (Phi) is 15.4. The van der Waals surface area contributed by atoms with E-state index in [1.54, 1.807) is 0 Å². The van der Waals surface area contributed by atoms with E-state index in [-0.39, 0.29) is 12.2 Å². The first-order chi connectivity index (χ1) is 11.1. The van der Waals surface area contributed by atoms with Gasteiger partial charge in [-0.05, 0) is 6.42 Å². The van der Waals surface area contributed by atoms with E-state index in [1.165, 1.54) is 70.6 Å². The Bertz CT molecular complexity index is 305. The Morgan fingerprint density at radius 2 is 1.17 bits per heavy atom. The van der Waals surface area contributed by atoms with Gasteiger partial charge in [-0.3, -0.25) is 9.59 Å². The van der Waals surface area contributed by atoms with Gasteiger partial charge in [0.1, 0.15) is 11.8 Å². The molecule has 0 unspecified atom stereocenters. The summed E-state index contributed by atoms with van der Waals surface area (Å²) >= 11 is 0. The summed E-state index contributed by atoms with van der Waals surface area (Å²) < 4.78 is 0. The maximum absolute atomic E-state index is 11.5. The van der Waals surface area contributed by atoms with Crippen LogP contribution in [0.1, 0.15) is 103 Å². The molecule has 0 aliphatic carbocycles. The average Bonchev–Trinajstić information content (AvgIpc) is 2.51. The van der Waals surface area contributed by atoms with E-state index in [0.717, 1.165) is 12.8 Å². The van der Waals surface area contributed by atoms with Crippen molar-refractivity contribution in [3.05, 3.63) is 0 Å². The van der Waals surface area contributed by atoms with E-state index in [9.17, 15) is 9.59 Å². The molecule has 0 saturated heterocycles. The highest BCUT2D eigenvalue weighted by molar-refractivity contribution is 5.85. The molecule has 0 amide bonds. The fourth-order valence-corrected chi connectivity index (χ4v) is 2.77. The lowest BCUT2D eigenvalue weighted by atomic mass is 10.0. The lowest BCUT2D eigenvalue weighted by Gasteiger charge is -2.05. The summed E-state index contributed by atoms with van der Waals surface area (Å²) in [6, 6.07) is -1.04. The standard InChI is InChI=1S/C19H37NO3/c1-2-3-4-5-6-7-8-9-10-11-12-13-14-15-17(21)16-18(20)19(22)23/h18H,2-16,20H2,1H3,(H,22,23)/t18-/m0/s1. The number of carboxylic acid groups (broad SMARTS) is 1. The van der Waals surface area contributed by atoms with Crippen molar-refractivity contribution in [2.45, 2.75) is 109 Å². The Hall–Kier alpha value is -0.900. The van der Waals surface area contributed by atoms with Crippen LogP contribution in [0.4, 0.5) is 0 Å². The second kappa shape index (κ2) is 16.0. The van der Waals surface area contributed by atoms with Crippen LogP contribution in [0, 0.1) is 0 Å². The molecule has 3 N–H and O–H groups in total. The van der Waals surface area contributed by atoms with Crippen LogP contribution in [0.3, 0.4) is 0 Å². The van der Waals surface area contributed by atoms with Crippen LogP contribution in [-0.4, -0.2) is 22.9 Å². The molecule has 0 heterocycles. The van der Waals surface area contributed by atoms with Crippen molar-refractivity contribution in [2.24, 2.45) is 5.73 Å². The molecule has 4 nitrogen and oxygen atoms in total. The van der Waals surface area contributed by atoms with Crippen molar-refractivity contribution in [2.75, 3.05) is 0 Å². The van der Waals surface area contributed by atoms with Crippen molar-refractivity contribution in [1.82, 2.24) is 0 Å². The van der Waals surface area contributed by atoms with Crippen LogP contribution in [0.5, 0.6) is 0 Å². The van der Waals surface area contributed by atoms with Gasteiger partial charge in [-0.1, -0.05) is 84.0 Å². The first kappa shape index (κ1) is 22.1. The van der Waals surface area contributed by atoms with Gasteiger partial charge in [0, 0.05) is 12.8 Å². The largest absolute Gasteiger partial charge is 0.480 e. The van der Waals surface area contributed by atoms with E-state index < -0.39 is 12.0 Å².